The van der Waals surface area contributed by atoms with Gasteiger partial charge < -0.3 is 5.73 Å². The molecule has 2 aliphatic rings. The Hall–Kier alpha value is -0.570. The zero-order chi connectivity index (χ0) is 10.8. The quantitative estimate of drug-likeness (QED) is 0.748. The molecule has 86 valence electrons. The first kappa shape index (κ1) is 10.9. The van der Waals surface area contributed by atoms with Crippen LogP contribution in [0.1, 0.15) is 39.0 Å². The molecule has 1 amide bonds. The highest BCUT2D eigenvalue weighted by Crippen LogP contribution is 2.36. The highest BCUT2D eigenvalue weighted by molar-refractivity contribution is 5.79. The summed E-state index contributed by atoms with van der Waals surface area (Å²) in [6.45, 7) is 4.09. The number of hydrogen-bond donors (Lipinski definition) is 1. The maximum Gasteiger partial charge on any atom is 0.234 e. The largest absolute Gasteiger partial charge is 0.368 e. The number of fused-ring (bicyclic) bond motifs is 1. The molecule has 2 rings (SSSR count). The number of carbonyl (C=O) groups is 1. The van der Waals surface area contributed by atoms with Crippen molar-refractivity contribution in [2.75, 3.05) is 13.1 Å². The minimum Gasteiger partial charge on any atom is -0.368 e. The van der Waals surface area contributed by atoms with Crippen molar-refractivity contribution in [1.82, 2.24) is 4.90 Å². The Labute approximate surface area is 92.0 Å². The molecule has 1 heterocycles. The molecule has 2 fully saturated rings. The van der Waals surface area contributed by atoms with Gasteiger partial charge >= 0.3 is 0 Å². The van der Waals surface area contributed by atoms with Crippen LogP contribution in [-0.4, -0.2) is 29.9 Å². The number of rotatable bonds is 2. The second-order valence-corrected chi connectivity index (χ2v) is 5.17. The van der Waals surface area contributed by atoms with Gasteiger partial charge in [-0.15, -0.1) is 0 Å². The SMILES string of the molecule is C[C@@H](C(N)=O)N1CC[C@@H]2CCCC[C@@H]2C1. The summed E-state index contributed by atoms with van der Waals surface area (Å²) in [5.41, 5.74) is 5.35. The first-order valence-corrected chi connectivity index (χ1v) is 6.22. The number of primary amides is 1. The van der Waals surface area contributed by atoms with Crippen molar-refractivity contribution in [2.24, 2.45) is 17.6 Å². The lowest BCUT2D eigenvalue weighted by atomic mass is 9.75. The number of amides is 1. The first-order valence-electron chi connectivity index (χ1n) is 6.22. The summed E-state index contributed by atoms with van der Waals surface area (Å²) in [5, 5.41) is 0. The molecule has 0 aromatic heterocycles. The van der Waals surface area contributed by atoms with Crippen LogP contribution in [0, 0.1) is 11.8 Å². The molecule has 3 nitrogen and oxygen atoms in total. The number of nitrogens with zero attached hydrogens (tertiary/aromatic N) is 1. The Morgan fingerprint density at radius 2 is 1.93 bits per heavy atom. The smallest absolute Gasteiger partial charge is 0.234 e. The Morgan fingerprint density at radius 3 is 2.60 bits per heavy atom. The second-order valence-electron chi connectivity index (χ2n) is 5.17. The predicted octanol–water partition coefficient (Wildman–Crippen LogP) is 1.37. The zero-order valence-electron chi connectivity index (χ0n) is 9.61. The Balaban J connectivity index is 1.93. The van der Waals surface area contributed by atoms with E-state index < -0.39 is 0 Å². The molecule has 15 heavy (non-hydrogen) atoms. The molecule has 0 aromatic rings. The minimum absolute atomic E-state index is 0.0760. The molecular weight excluding hydrogens is 188 g/mol. The summed E-state index contributed by atoms with van der Waals surface area (Å²) < 4.78 is 0. The topological polar surface area (TPSA) is 46.3 Å². The van der Waals surface area contributed by atoms with Crippen LogP contribution in [0.4, 0.5) is 0 Å². The van der Waals surface area contributed by atoms with Gasteiger partial charge in [-0.05, 0) is 38.1 Å². The number of likely N-dealkylation sites (tertiary alicyclic amines) is 1. The molecule has 0 aromatic carbocycles. The fourth-order valence-electron chi connectivity index (χ4n) is 3.16. The summed E-state index contributed by atoms with van der Waals surface area (Å²) >= 11 is 0. The van der Waals surface area contributed by atoms with E-state index in [9.17, 15) is 4.79 Å². The van der Waals surface area contributed by atoms with Gasteiger partial charge in [-0.3, -0.25) is 9.69 Å². The molecule has 1 saturated heterocycles. The third-order valence-electron chi connectivity index (χ3n) is 4.28. The van der Waals surface area contributed by atoms with E-state index in [4.69, 9.17) is 5.73 Å². The van der Waals surface area contributed by atoms with Gasteiger partial charge in [0.05, 0.1) is 6.04 Å². The van der Waals surface area contributed by atoms with Gasteiger partial charge in [0, 0.05) is 6.54 Å². The predicted molar refractivity (Wildman–Crippen MR) is 60.3 cm³/mol. The lowest BCUT2D eigenvalue weighted by Crippen LogP contribution is -2.50. The molecule has 3 heteroatoms. The maximum absolute atomic E-state index is 11.1. The van der Waals surface area contributed by atoms with Crippen LogP contribution in [0.15, 0.2) is 0 Å². The van der Waals surface area contributed by atoms with E-state index >= 15 is 0 Å². The van der Waals surface area contributed by atoms with Crippen molar-refractivity contribution in [3.63, 3.8) is 0 Å². The van der Waals surface area contributed by atoms with Crippen molar-refractivity contribution in [1.29, 1.82) is 0 Å². The third-order valence-corrected chi connectivity index (χ3v) is 4.28. The fraction of sp³-hybridized carbons (Fsp3) is 0.917. The monoisotopic (exact) mass is 210 g/mol. The summed E-state index contributed by atoms with van der Waals surface area (Å²) in [6.07, 6.45) is 6.81. The van der Waals surface area contributed by atoms with Crippen LogP contribution in [0.25, 0.3) is 0 Å². The maximum atomic E-state index is 11.1. The molecule has 1 aliphatic carbocycles. The number of nitrogens with two attached hydrogens (primary N) is 1. The van der Waals surface area contributed by atoms with Crippen molar-refractivity contribution in [3.05, 3.63) is 0 Å². The van der Waals surface area contributed by atoms with E-state index in [1.165, 1.54) is 32.1 Å². The molecule has 0 radical (unpaired) electrons. The molecule has 0 bridgehead atoms. The fourth-order valence-corrected chi connectivity index (χ4v) is 3.16. The third kappa shape index (κ3) is 2.33. The summed E-state index contributed by atoms with van der Waals surface area (Å²) in [4.78, 5) is 13.4. The minimum atomic E-state index is -0.177. The lowest BCUT2D eigenvalue weighted by Gasteiger charge is -2.42. The van der Waals surface area contributed by atoms with Gasteiger partial charge in [-0.1, -0.05) is 19.3 Å². The Morgan fingerprint density at radius 1 is 1.27 bits per heavy atom. The van der Waals surface area contributed by atoms with Crippen LogP contribution >= 0.6 is 0 Å². The molecule has 2 N–H and O–H groups in total. The highest BCUT2D eigenvalue weighted by atomic mass is 16.1. The molecule has 1 saturated carbocycles. The van der Waals surface area contributed by atoms with Crippen LogP contribution in [0.3, 0.4) is 0 Å². The number of carbonyl (C=O) groups excluding carboxylic acids is 1. The molecule has 1 aliphatic heterocycles. The van der Waals surface area contributed by atoms with Crippen molar-refractivity contribution in [3.8, 4) is 0 Å². The molecule has 3 atom stereocenters. The summed E-state index contributed by atoms with van der Waals surface area (Å²) in [7, 11) is 0. The van der Waals surface area contributed by atoms with Gasteiger partial charge in [0.15, 0.2) is 0 Å². The van der Waals surface area contributed by atoms with Crippen LogP contribution in [-0.2, 0) is 4.79 Å². The van der Waals surface area contributed by atoms with Crippen molar-refractivity contribution < 1.29 is 4.79 Å². The lowest BCUT2D eigenvalue weighted by molar-refractivity contribution is -0.123. The number of hydrogen-bond acceptors (Lipinski definition) is 2. The average Bonchev–Trinajstić information content (AvgIpc) is 2.27. The second kappa shape index (κ2) is 4.52. The molecular formula is C12H22N2O. The van der Waals surface area contributed by atoms with Gasteiger partial charge in [-0.2, -0.15) is 0 Å². The van der Waals surface area contributed by atoms with Crippen molar-refractivity contribution >= 4 is 5.91 Å². The van der Waals surface area contributed by atoms with E-state index in [2.05, 4.69) is 4.90 Å². The number of piperidine rings is 1. The normalized spacial score (nSPS) is 34.5. The molecule has 0 spiro atoms. The van der Waals surface area contributed by atoms with Crippen LogP contribution in [0.5, 0.6) is 0 Å². The average molecular weight is 210 g/mol. The van der Waals surface area contributed by atoms with Gasteiger partial charge in [-0.25, -0.2) is 0 Å². The Kier molecular flexibility index (Phi) is 3.29. The summed E-state index contributed by atoms with van der Waals surface area (Å²) in [5.74, 6) is 1.58. The van der Waals surface area contributed by atoms with E-state index in [0.717, 1.165) is 24.9 Å². The van der Waals surface area contributed by atoms with Crippen LogP contribution in [0.2, 0.25) is 0 Å². The highest BCUT2D eigenvalue weighted by Gasteiger charge is 2.33. The molecule has 0 unspecified atom stereocenters. The van der Waals surface area contributed by atoms with E-state index in [-0.39, 0.29) is 11.9 Å². The van der Waals surface area contributed by atoms with Crippen LogP contribution < -0.4 is 5.73 Å². The zero-order valence-corrected chi connectivity index (χ0v) is 9.61. The first-order chi connectivity index (χ1) is 7.18. The standard InChI is InChI=1S/C12H22N2O/c1-9(12(13)15)14-7-6-10-4-2-3-5-11(10)8-14/h9-11H,2-8H2,1H3,(H2,13,15)/t9-,10-,11+/m0/s1. The van der Waals surface area contributed by atoms with Gasteiger partial charge in [0.2, 0.25) is 5.91 Å². The van der Waals surface area contributed by atoms with Gasteiger partial charge in [0.1, 0.15) is 0 Å². The van der Waals surface area contributed by atoms with E-state index in [1.54, 1.807) is 0 Å². The van der Waals surface area contributed by atoms with Crippen molar-refractivity contribution in [2.45, 2.75) is 45.1 Å². The summed E-state index contributed by atoms with van der Waals surface area (Å²) in [6, 6.07) is -0.0760. The van der Waals surface area contributed by atoms with E-state index in [1.807, 2.05) is 6.92 Å². The Bertz CT molecular complexity index is 242. The van der Waals surface area contributed by atoms with E-state index in [0.29, 0.717) is 0 Å². The van der Waals surface area contributed by atoms with Gasteiger partial charge in [0.25, 0.3) is 0 Å².